The Labute approximate surface area is 360 Å². The van der Waals surface area contributed by atoms with Crippen LogP contribution < -0.4 is 4.90 Å². The predicted molar refractivity (Wildman–Crippen MR) is 258 cm³/mol. The number of anilines is 3. The largest absolute Gasteiger partial charge is 0.309 e. The molecule has 0 heterocycles. The third-order valence-electron chi connectivity index (χ3n) is 13.5. The van der Waals surface area contributed by atoms with Crippen LogP contribution in [0.15, 0.2) is 212 Å². The Balaban J connectivity index is 1.10. The summed E-state index contributed by atoms with van der Waals surface area (Å²) >= 11 is 0. The lowest BCUT2D eigenvalue weighted by Gasteiger charge is -2.30. The number of rotatable bonds is 7. The molecule has 0 aromatic heterocycles. The Bertz CT molecular complexity index is 3130. The van der Waals surface area contributed by atoms with Crippen LogP contribution in [0.25, 0.3) is 66.8 Å². The summed E-state index contributed by atoms with van der Waals surface area (Å²) < 4.78 is 0. The molecule has 11 rings (SSSR count). The van der Waals surface area contributed by atoms with Crippen LogP contribution in [0.2, 0.25) is 0 Å². The standard InChI is InChI=1S/C60H47N/c1-59(2)52-27-12-8-23-47(52)51-39-44(34-37-54(51)59)46-22-10-14-30-56(46)61(45-35-32-41(33-36-45)43-21-16-20-42(38-43)40-18-6-5-7-19-40)57-31-15-11-24-48(57)49-26-17-29-55-58(49)50-25-9-13-28-53(50)60(55,3)4/h5-39H,1-4H3. The zero-order chi connectivity index (χ0) is 41.3. The lowest BCUT2D eigenvalue weighted by atomic mass is 9.82. The van der Waals surface area contributed by atoms with E-state index in [1.165, 1.54) is 89.0 Å². The quantitative estimate of drug-likeness (QED) is 0.156. The first-order valence-corrected chi connectivity index (χ1v) is 21.5. The Hall–Kier alpha value is -7.22. The average molecular weight is 782 g/mol. The van der Waals surface area contributed by atoms with Gasteiger partial charge in [0.2, 0.25) is 0 Å². The van der Waals surface area contributed by atoms with Crippen molar-refractivity contribution in [3.63, 3.8) is 0 Å². The highest BCUT2D eigenvalue weighted by molar-refractivity contribution is 6.00. The Kier molecular flexibility index (Phi) is 8.58. The van der Waals surface area contributed by atoms with Crippen LogP contribution in [0.1, 0.15) is 49.9 Å². The van der Waals surface area contributed by atoms with Crippen molar-refractivity contribution in [2.24, 2.45) is 0 Å². The van der Waals surface area contributed by atoms with Crippen LogP contribution in [0.3, 0.4) is 0 Å². The second kappa shape index (κ2) is 14.2. The smallest absolute Gasteiger partial charge is 0.0540 e. The topological polar surface area (TPSA) is 3.24 Å². The molecule has 0 fully saturated rings. The highest BCUT2D eigenvalue weighted by Crippen LogP contribution is 2.55. The van der Waals surface area contributed by atoms with Crippen LogP contribution in [0, 0.1) is 0 Å². The fourth-order valence-corrected chi connectivity index (χ4v) is 10.4. The van der Waals surface area contributed by atoms with Gasteiger partial charge in [0.25, 0.3) is 0 Å². The number of fused-ring (bicyclic) bond motifs is 6. The lowest BCUT2D eigenvalue weighted by molar-refractivity contribution is 0.660. The van der Waals surface area contributed by atoms with Crippen LogP contribution >= 0.6 is 0 Å². The van der Waals surface area contributed by atoms with E-state index >= 15 is 0 Å². The monoisotopic (exact) mass is 781 g/mol. The van der Waals surface area contributed by atoms with Gasteiger partial charge in [0, 0.05) is 27.6 Å². The molecule has 0 saturated carbocycles. The van der Waals surface area contributed by atoms with Crippen molar-refractivity contribution in [3.05, 3.63) is 235 Å². The van der Waals surface area contributed by atoms with Crippen LogP contribution in [0.5, 0.6) is 0 Å². The summed E-state index contributed by atoms with van der Waals surface area (Å²) in [5.41, 5.74) is 23.7. The summed E-state index contributed by atoms with van der Waals surface area (Å²) in [6.45, 7) is 9.43. The van der Waals surface area contributed by atoms with E-state index < -0.39 is 0 Å². The zero-order valence-corrected chi connectivity index (χ0v) is 35.2. The van der Waals surface area contributed by atoms with E-state index in [9.17, 15) is 0 Å². The van der Waals surface area contributed by atoms with E-state index in [0.717, 1.165) is 17.1 Å². The average Bonchev–Trinajstić information content (AvgIpc) is 3.69. The number of para-hydroxylation sites is 2. The molecule has 9 aromatic rings. The Morgan fingerprint density at radius 3 is 1.46 bits per heavy atom. The van der Waals surface area contributed by atoms with Crippen molar-refractivity contribution in [1.82, 2.24) is 0 Å². The van der Waals surface area contributed by atoms with Gasteiger partial charge in [-0.1, -0.05) is 204 Å². The van der Waals surface area contributed by atoms with Crippen LogP contribution in [-0.2, 0) is 10.8 Å². The summed E-state index contributed by atoms with van der Waals surface area (Å²) in [5.74, 6) is 0. The molecule has 0 N–H and O–H groups in total. The molecule has 0 spiro atoms. The SMILES string of the molecule is CC1(C)c2ccccc2-c2cc(-c3ccccc3N(c3ccc(-c4cccc(-c5ccccc5)c4)cc3)c3ccccc3-c3cccc4c3-c3ccccc3C4(C)C)ccc21. The maximum absolute atomic E-state index is 2.49. The molecular formula is C60H47N. The van der Waals surface area contributed by atoms with E-state index in [2.05, 4.69) is 245 Å². The van der Waals surface area contributed by atoms with Gasteiger partial charge in [0.05, 0.1) is 11.4 Å². The first kappa shape index (κ1) is 36.8. The maximum atomic E-state index is 2.49. The molecule has 0 atom stereocenters. The Morgan fingerprint density at radius 2 is 0.738 bits per heavy atom. The molecule has 61 heavy (non-hydrogen) atoms. The number of hydrogen-bond donors (Lipinski definition) is 0. The summed E-state index contributed by atoms with van der Waals surface area (Å²) in [5, 5.41) is 0. The minimum atomic E-state index is -0.0996. The molecule has 9 aromatic carbocycles. The maximum Gasteiger partial charge on any atom is 0.0540 e. The zero-order valence-electron chi connectivity index (χ0n) is 35.2. The summed E-state index contributed by atoms with van der Waals surface area (Å²) in [6, 6.07) is 78.5. The molecule has 2 aliphatic rings. The first-order chi connectivity index (χ1) is 29.8. The molecule has 0 unspecified atom stereocenters. The van der Waals surface area contributed by atoms with Crippen molar-refractivity contribution in [1.29, 1.82) is 0 Å². The fraction of sp³-hybridized carbons (Fsp3) is 0.100. The third kappa shape index (κ3) is 5.91. The molecule has 0 radical (unpaired) electrons. The fourth-order valence-electron chi connectivity index (χ4n) is 10.4. The second-order valence-electron chi connectivity index (χ2n) is 17.7. The summed E-state index contributed by atoms with van der Waals surface area (Å²) in [6.07, 6.45) is 0. The van der Waals surface area contributed by atoms with Crippen LogP contribution in [-0.4, -0.2) is 0 Å². The van der Waals surface area contributed by atoms with Crippen molar-refractivity contribution in [2.75, 3.05) is 4.90 Å². The highest BCUT2D eigenvalue weighted by Gasteiger charge is 2.38. The molecule has 0 saturated heterocycles. The van der Waals surface area contributed by atoms with Crippen molar-refractivity contribution < 1.29 is 0 Å². The first-order valence-electron chi connectivity index (χ1n) is 21.5. The number of nitrogens with zero attached hydrogens (tertiary/aromatic N) is 1. The van der Waals surface area contributed by atoms with Gasteiger partial charge in [-0.15, -0.1) is 0 Å². The second-order valence-corrected chi connectivity index (χ2v) is 17.7. The molecule has 2 aliphatic carbocycles. The van der Waals surface area contributed by atoms with Gasteiger partial charge in [-0.05, 0) is 114 Å². The van der Waals surface area contributed by atoms with Crippen molar-refractivity contribution in [2.45, 2.75) is 38.5 Å². The van der Waals surface area contributed by atoms with Crippen LogP contribution in [0.4, 0.5) is 17.1 Å². The van der Waals surface area contributed by atoms with E-state index in [0.29, 0.717) is 0 Å². The van der Waals surface area contributed by atoms with Gasteiger partial charge in [-0.25, -0.2) is 0 Å². The molecule has 0 bridgehead atoms. The van der Waals surface area contributed by atoms with Gasteiger partial charge in [0.15, 0.2) is 0 Å². The van der Waals surface area contributed by atoms with Crippen molar-refractivity contribution in [3.8, 4) is 66.8 Å². The molecule has 1 nitrogen and oxygen atoms in total. The van der Waals surface area contributed by atoms with E-state index in [1.54, 1.807) is 0 Å². The van der Waals surface area contributed by atoms with E-state index in [-0.39, 0.29) is 10.8 Å². The van der Waals surface area contributed by atoms with Gasteiger partial charge in [-0.2, -0.15) is 0 Å². The normalized spacial score (nSPS) is 13.8. The van der Waals surface area contributed by atoms with E-state index in [4.69, 9.17) is 0 Å². The van der Waals surface area contributed by atoms with E-state index in [1.807, 2.05) is 0 Å². The van der Waals surface area contributed by atoms with Gasteiger partial charge in [0.1, 0.15) is 0 Å². The summed E-state index contributed by atoms with van der Waals surface area (Å²) in [4.78, 5) is 2.49. The van der Waals surface area contributed by atoms with Gasteiger partial charge in [-0.3, -0.25) is 0 Å². The number of benzene rings is 9. The third-order valence-corrected chi connectivity index (χ3v) is 13.5. The molecule has 0 aliphatic heterocycles. The highest BCUT2D eigenvalue weighted by atomic mass is 15.1. The van der Waals surface area contributed by atoms with Gasteiger partial charge < -0.3 is 4.90 Å². The minimum Gasteiger partial charge on any atom is -0.309 e. The Morgan fingerprint density at radius 1 is 0.279 bits per heavy atom. The molecule has 0 amide bonds. The lowest BCUT2D eigenvalue weighted by Crippen LogP contribution is -2.15. The molecular weight excluding hydrogens is 735 g/mol. The number of hydrogen-bond acceptors (Lipinski definition) is 1. The van der Waals surface area contributed by atoms with Crippen molar-refractivity contribution >= 4 is 17.1 Å². The van der Waals surface area contributed by atoms with Gasteiger partial charge >= 0.3 is 0 Å². The minimum absolute atomic E-state index is 0.0551. The molecule has 1 heteroatoms. The molecule has 292 valence electrons. The summed E-state index contributed by atoms with van der Waals surface area (Å²) in [7, 11) is 0. The predicted octanol–water partition coefficient (Wildman–Crippen LogP) is 16.4.